The molecule has 2 fully saturated rings. The first-order valence-electron chi connectivity index (χ1n) is 8.29. The number of carbonyl (C=O) groups excluding carboxylic acids is 2. The van der Waals surface area contributed by atoms with Gasteiger partial charge in [0.05, 0.1) is 11.7 Å². The van der Waals surface area contributed by atoms with E-state index < -0.39 is 24.0 Å². The number of halogens is 1. The van der Waals surface area contributed by atoms with Gasteiger partial charge in [0.1, 0.15) is 5.92 Å². The second kappa shape index (κ2) is 6.30. The molecule has 0 aliphatic carbocycles. The third-order valence-corrected chi connectivity index (χ3v) is 5.04. The Morgan fingerprint density at radius 1 is 1.00 bits per heavy atom. The molecule has 2 heterocycles. The van der Waals surface area contributed by atoms with E-state index >= 15 is 0 Å². The molecule has 2 aliphatic rings. The van der Waals surface area contributed by atoms with Crippen molar-refractivity contribution in [1.29, 1.82) is 0 Å². The summed E-state index contributed by atoms with van der Waals surface area (Å²) in [6.07, 6.45) is -0.822. The summed E-state index contributed by atoms with van der Waals surface area (Å²) >= 11 is 5.98. The van der Waals surface area contributed by atoms with Gasteiger partial charge in [-0.25, -0.2) is 5.06 Å². The molecule has 26 heavy (non-hydrogen) atoms. The largest absolute Gasteiger partial charge is 0.378 e. The molecule has 0 radical (unpaired) electrons. The summed E-state index contributed by atoms with van der Waals surface area (Å²) in [5.41, 5.74) is 2.70. The van der Waals surface area contributed by atoms with Gasteiger partial charge in [-0.05, 0) is 42.0 Å². The third-order valence-electron chi connectivity index (χ3n) is 4.79. The summed E-state index contributed by atoms with van der Waals surface area (Å²) in [6.45, 7) is 0. The van der Waals surface area contributed by atoms with E-state index in [1.807, 2.05) is 55.4 Å². The van der Waals surface area contributed by atoms with Crippen LogP contribution in [0.4, 0.5) is 11.4 Å². The number of nitrogens with zero attached hydrogens (tertiary/aromatic N) is 2. The Bertz CT molecular complexity index is 851. The van der Waals surface area contributed by atoms with Crippen molar-refractivity contribution in [3.8, 4) is 0 Å². The Balaban J connectivity index is 1.76. The number of amides is 2. The van der Waals surface area contributed by atoms with Crippen molar-refractivity contribution in [3.63, 3.8) is 0 Å². The monoisotopic (exact) mass is 371 g/mol. The summed E-state index contributed by atoms with van der Waals surface area (Å²) in [5.74, 6) is -1.30. The molecule has 2 aliphatic heterocycles. The maximum absolute atomic E-state index is 12.4. The first kappa shape index (κ1) is 16.9. The molecule has 2 amide bonds. The van der Waals surface area contributed by atoms with Crippen LogP contribution in [-0.4, -0.2) is 32.0 Å². The van der Waals surface area contributed by atoms with Crippen LogP contribution in [0.3, 0.4) is 0 Å². The zero-order valence-corrected chi connectivity index (χ0v) is 15.1. The number of carbonyl (C=O) groups is 2. The van der Waals surface area contributed by atoms with E-state index in [2.05, 4.69) is 5.32 Å². The van der Waals surface area contributed by atoms with Gasteiger partial charge in [-0.3, -0.25) is 19.7 Å². The van der Waals surface area contributed by atoms with Crippen molar-refractivity contribution >= 4 is 34.8 Å². The Morgan fingerprint density at radius 2 is 1.65 bits per heavy atom. The molecule has 2 saturated heterocycles. The van der Waals surface area contributed by atoms with Gasteiger partial charge < -0.3 is 4.90 Å². The Labute approximate surface area is 156 Å². The van der Waals surface area contributed by atoms with Crippen molar-refractivity contribution in [1.82, 2.24) is 5.32 Å². The molecule has 1 N–H and O–H groups in total. The zero-order valence-electron chi connectivity index (χ0n) is 14.3. The zero-order chi connectivity index (χ0) is 18.4. The van der Waals surface area contributed by atoms with Gasteiger partial charge >= 0.3 is 0 Å². The summed E-state index contributed by atoms with van der Waals surface area (Å²) < 4.78 is 0. The van der Waals surface area contributed by atoms with Crippen molar-refractivity contribution in [3.05, 3.63) is 59.1 Å². The average molecular weight is 372 g/mol. The molecule has 7 heteroatoms. The molecular formula is C19H18ClN3O3. The Hall–Kier alpha value is -2.57. The quantitative estimate of drug-likeness (QED) is 0.840. The van der Waals surface area contributed by atoms with Crippen LogP contribution >= 0.6 is 11.6 Å². The lowest BCUT2D eigenvalue weighted by Gasteiger charge is -2.27. The highest BCUT2D eigenvalue weighted by Crippen LogP contribution is 2.44. The normalized spacial score (nSPS) is 24.6. The molecule has 0 bridgehead atoms. The number of hydrogen-bond donors (Lipinski definition) is 1. The topological polar surface area (TPSA) is 61.9 Å². The molecule has 2 aromatic carbocycles. The number of hydrogen-bond acceptors (Lipinski definition) is 5. The van der Waals surface area contributed by atoms with E-state index in [0.717, 1.165) is 16.9 Å². The number of rotatable bonds is 3. The van der Waals surface area contributed by atoms with Crippen molar-refractivity contribution in [2.75, 3.05) is 24.1 Å². The molecule has 0 aromatic heterocycles. The van der Waals surface area contributed by atoms with Gasteiger partial charge in [0.25, 0.3) is 5.91 Å². The van der Waals surface area contributed by atoms with Crippen molar-refractivity contribution in [2.45, 2.75) is 12.1 Å². The second-order valence-corrected chi connectivity index (χ2v) is 7.07. The highest BCUT2D eigenvalue weighted by molar-refractivity contribution is 6.30. The van der Waals surface area contributed by atoms with E-state index in [1.165, 1.54) is 0 Å². The predicted molar refractivity (Wildman–Crippen MR) is 99.0 cm³/mol. The van der Waals surface area contributed by atoms with Crippen LogP contribution in [0.5, 0.6) is 0 Å². The number of anilines is 2. The van der Waals surface area contributed by atoms with Crippen LogP contribution in [0, 0.1) is 5.92 Å². The molecule has 2 aromatic rings. The van der Waals surface area contributed by atoms with Crippen LogP contribution < -0.4 is 15.3 Å². The van der Waals surface area contributed by atoms with E-state index in [9.17, 15) is 9.59 Å². The van der Waals surface area contributed by atoms with Crippen LogP contribution in [0.25, 0.3) is 0 Å². The lowest BCUT2D eigenvalue weighted by atomic mass is 9.90. The minimum atomic E-state index is -0.822. The molecule has 0 spiro atoms. The molecule has 0 saturated carbocycles. The van der Waals surface area contributed by atoms with Gasteiger partial charge in [-0.1, -0.05) is 23.7 Å². The minimum absolute atomic E-state index is 0.307. The van der Waals surface area contributed by atoms with Gasteiger partial charge in [0.2, 0.25) is 5.91 Å². The fraction of sp³-hybridized carbons (Fsp3) is 0.263. The summed E-state index contributed by atoms with van der Waals surface area (Å²) in [6, 6.07) is 14.6. The van der Waals surface area contributed by atoms with Crippen LogP contribution in [-0.2, 0) is 14.4 Å². The highest BCUT2D eigenvalue weighted by Gasteiger charge is 2.56. The van der Waals surface area contributed by atoms with Gasteiger partial charge in [0, 0.05) is 24.8 Å². The number of nitrogens with one attached hydrogen (secondary N) is 1. The second-order valence-electron chi connectivity index (χ2n) is 6.64. The van der Waals surface area contributed by atoms with E-state index in [1.54, 1.807) is 17.2 Å². The standard InChI is InChI=1S/C19H18ClN3O3/c1-22(2)13-7-3-11(4-8-13)16-15-17(19(25)21-18(15)24)26-23(16)14-9-5-12(20)6-10-14/h3-10,15-17H,1-2H3,(H,21,24,25)/t15-,16-,17+/m1/s1. The van der Waals surface area contributed by atoms with Gasteiger partial charge in [-0.15, -0.1) is 0 Å². The highest BCUT2D eigenvalue weighted by atomic mass is 35.5. The summed E-state index contributed by atoms with van der Waals surface area (Å²) in [7, 11) is 3.93. The molecule has 3 atom stereocenters. The molecule has 4 rings (SSSR count). The Kier molecular flexibility index (Phi) is 4.09. The van der Waals surface area contributed by atoms with Crippen LogP contribution in [0.2, 0.25) is 5.02 Å². The molecule has 6 nitrogen and oxygen atoms in total. The molecular weight excluding hydrogens is 354 g/mol. The summed E-state index contributed by atoms with van der Waals surface area (Å²) in [4.78, 5) is 32.4. The SMILES string of the molecule is CN(C)c1ccc([C@@H]2[C@H]3C(=O)NC(=O)[C@H]3ON2c2ccc(Cl)cc2)cc1. The number of fused-ring (bicyclic) bond motifs is 1. The third kappa shape index (κ3) is 2.71. The lowest BCUT2D eigenvalue weighted by molar-refractivity contribution is -0.129. The lowest BCUT2D eigenvalue weighted by Crippen LogP contribution is -2.33. The van der Waals surface area contributed by atoms with E-state index in [4.69, 9.17) is 16.4 Å². The number of benzene rings is 2. The van der Waals surface area contributed by atoms with Crippen LogP contribution in [0.1, 0.15) is 11.6 Å². The van der Waals surface area contributed by atoms with Gasteiger partial charge in [-0.2, -0.15) is 0 Å². The summed E-state index contributed by atoms with van der Waals surface area (Å²) in [5, 5.41) is 4.62. The smallest absolute Gasteiger partial charge is 0.259 e. The van der Waals surface area contributed by atoms with E-state index in [-0.39, 0.29) is 5.91 Å². The first-order chi connectivity index (χ1) is 12.5. The average Bonchev–Trinajstić information content (AvgIpc) is 3.14. The van der Waals surface area contributed by atoms with Crippen molar-refractivity contribution in [2.24, 2.45) is 5.92 Å². The fourth-order valence-corrected chi connectivity index (χ4v) is 3.58. The maximum atomic E-state index is 12.4. The predicted octanol–water partition coefficient (Wildman–Crippen LogP) is 2.54. The van der Waals surface area contributed by atoms with Gasteiger partial charge in [0.15, 0.2) is 6.10 Å². The Morgan fingerprint density at radius 3 is 2.27 bits per heavy atom. The molecule has 0 unspecified atom stereocenters. The van der Waals surface area contributed by atoms with Crippen molar-refractivity contribution < 1.29 is 14.4 Å². The number of hydroxylamine groups is 1. The van der Waals surface area contributed by atoms with Crippen LogP contribution in [0.15, 0.2) is 48.5 Å². The fourth-order valence-electron chi connectivity index (χ4n) is 3.45. The number of imide groups is 1. The maximum Gasteiger partial charge on any atom is 0.259 e. The molecule has 134 valence electrons. The minimum Gasteiger partial charge on any atom is -0.378 e. The first-order valence-corrected chi connectivity index (χ1v) is 8.67. The van der Waals surface area contributed by atoms with E-state index in [0.29, 0.717) is 5.02 Å².